The van der Waals surface area contributed by atoms with Crippen molar-refractivity contribution in [3.63, 3.8) is 0 Å². The third-order valence-electron chi connectivity index (χ3n) is 3.72. The van der Waals surface area contributed by atoms with E-state index in [2.05, 4.69) is 6.58 Å². The summed E-state index contributed by atoms with van der Waals surface area (Å²) in [5.41, 5.74) is -1.88. The molecule has 3 rings (SSSR count). The van der Waals surface area contributed by atoms with Gasteiger partial charge in [-0.2, -0.15) is 4.57 Å². The van der Waals surface area contributed by atoms with E-state index < -0.39 is 22.3 Å². The molecule has 1 saturated carbocycles. The molecule has 0 saturated heterocycles. The number of ether oxygens (including phenoxy) is 2. The van der Waals surface area contributed by atoms with Gasteiger partial charge in [-0.25, -0.2) is 9.59 Å². The van der Waals surface area contributed by atoms with Gasteiger partial charge in [0.05, 0.1) is 22.8 Å². The highest BCUT2D eigenvalue weighted by molar-refractivity contribution is 5.70. The van der Waals surface area contributed by atoms with Gasteiger partial charge in [0.2, 0.25) is 0 Å². The monoisotopic (exact) mass is 373 g/mol. The zero-order valence-electron chi connectivity index (χ0n) is 14.1. The van der Waals surface area contributed by atoms with Crippen LogP contribution in [0.5, 0.6) is 5.75 Å². The number of aromatic nitrogens is 2. The van der Waals surface area contributed by atoms with Crippen LogP contribution in [0.4, 0.5) is 10.5 Å². The molecule has 2 aromatic rings. The van der Waals surface area contributed by atoms with Crippen LogP contribution in [0.3, 0.4) is 0 Å². The van der Waals surface area contributed by atoms with Crippen molar-refractivity contribution in [1.82, 2.24) is 9.13 Å². The average molecular weight is 373 g/mol. The zero-order valence-corrected chi connectivity index (χ0v) is 14.1. The topological polar surface area (TPSA) is 123 Å². The van der Waals surface area contributed by atoms with Crippen LogP contribution < -0.4 is 16.0 Å². The second-order valence-corrected chi connectivity index (χ2v) is 5.73. The molecule has 1 fully saturated rings. The molecule has 1 heterocycles. The van der Waals surface area contributed by atoms with Gasteiger partial charge in [0.1, 0.15) is 6.61 Å². The minimum absolute atomic E-state index is 0.0927. The van der Waals surface area contributed by atoms with E-state index in [4.69, 9.17) is 9.47 Å². The molecule has 0 bridgehead atoms. The lowest BCUT2D eigenvalue weighted by atomic mass is 10.2. The molecule has 0 aliphatic heterocycles. The Kier molecular flexibility index (Phi) is 4.88. The molecule has 1 aliphatic rings. The van der Waals surface area contributed by atoms with Crippen molar-refractivity contribution >= 4 is 11.8 Å². The van der Waals surface area contributed by atoms with Gasteiger partial charge in [-0.3, -0.25) is 19.5 Å². The molecule has 0 amide bonds. The van der Waals surface area contributed by atoms with Gasteiger partial charge in [-0.1, -0.05) is 12.7 Å². The molecule has 1 aromatic heterocycles. The summed E-state index contributed by atoms with van der Waals surface area (Å²) in [5.74, 6) is 0.110. The average Bonchev–Trinajstić information content (AvgIpc) is 3.44. The molecule has 10 nitrogen and oxygen atoms in total. The Hall–Kier alpha value is -3.69. The first-order valence-electron chi connectivity index (χ1n) is 8.00. The lowest BCUT2D eigenvalue weighted by Gasteiger charge is -2.13. The maximum Gasteiger partial charge on any atom is 0.425 e. The van der Waals surface area contributed by atoms with E-state index in [1.165, 1.54) is 30.5 Å². The number of nitro groups is 1. The van der Waals surface area contributed by atoms with Crippen molar-refractivity contribution in [3.8, 4) is 11.4 Å². The van der Waals surface area contributed by atoms with E-state index in [9.17, 15) is 24.5 Å². The number of benzene rings is 1. The summed E-state index contributed by atoms with van der Waals surface area (Å²) in [6, 6.07) is 4.73. The van der Waals surface area contributed by atoms with Crippen LogP contribution in [0.1, 0.15) is 12.8 Å². The molecule has 1 aliphatic carbocycles. The molecule has 0 unspecified atom stereocenters. The minimum Gasteiger partial charge on any atom is -0.488 e. The molecular weight excluding hydrogens is 358 g/mol. The van der Waals surface area contributed by atoms with Crippen molar-refractivity contribution in [2.45, 2.75) is 18.9 Å². The molecule has 0 atom stereocenters. The maximum atomic E-state index is 12.7. The number of rotatable bonds is 6. The van der Waals surface area contributed by atoms with Crippen molar-refractivity contribution in [2.75, 3.05) is 6.61 Å². The highest BCUT2D eigenvalue weighted by atomic mass is 16.6. The van der Waals surface area contributed by atoms with E-state index in [0.717, 1.165) is 23.5 Å². The number of hydrogen-bond donors (Lipinski definition) is 0. The normalized spacial score (nSPS) is 13.0. The first-order valence-corrected chi connectivity index (χ1v) is 8.00. The fourth-order valence-electron chi connectivity index (χ4n) is 2.30. The van der Waals surface area contributed by atoms with E-state index in [-0.39, 0.29) is 29.8 Å². The van der Waals surface area contributed by atoms with Crippen LogP contribution in [-0.2, 0) is 4.74 Å². The third kappa shape index (κ3) is 3.78. The van der Waals surface area contributed by atoms with Crippen LogP contribution in [0.15, 0.2) is 52.7 Å². The second kappa shape index (κ2) is 7.28. The summed E-state index contributed by atoms with van der Waals surface area (Å²) in [6.07, 6.45) is 2.82. The van der Waals surface area contributed by atoms with E-state index in [0.29, 0.717) is 4.57 Å². The largest absolute Gasteiger partial charge is 0.488 e. The van der Waals surface area contributed by atoms with Crippen molar-refractivity contribution < 1.29 is 19.2 Å². The first-order chi connectivity index (χ1) is 12.9. The van der Waals surface area contributed by atoms with E-state index in [1.807, 2.05) is 0 Å². The van der Waals surface area contributed by atoms with Crippen molar-refractivity contribution in [2.24, 2.45) is 0 Å². The Balaban J connectivity index is 2.12. The summed E-state index contributed by atoms with van der Waals surface area (Å²) in [6.45, 7) is 3.21. The smallest absolute Gasteiger partial charge is 0.425 e. The van der Waals surface area contributed by atoms with Crippen LogP contribution in [0.2, 0.25) is 0 Å². The lowest BCUT2D eigenvalue weighted by Crippen LogP contribution is -2.43. The fraction of sp³-hybridized carbons (Fsp3) is 0.235. The number of nitro benzene ring substituents is 1. The van der Waals surface area contributed by atoms with Gasteiger partial charge >= 0.3 is 11.8 Å². The van der Waals surface area contributed by atoms with Gasteiger partial charge in [0.25, 0.3) is 11.2 Å². The molecule has 0 radical (unpaired) electrons. The fourth-order valence-corrected chi connectivity index (χ4v) is 2.30. The highest BCUT2D eigenvalue weighted by Crippen LogP contribution is 2.33. The number of non-ortho nitro benzene ring substituents is 1. The van der Waals surface area contributed by atoms with Crippen LogP contribution in [-0.4, -0.2) is 32.9 Å². The SMILES string of the molecule is C=CCOC(=O)n1c(=O)ccn(-c2ccc([N+](=O)[O-])cc2OC2CC2)c1=O. The predicted molar refractivity (Wildman–Crippen MR) is 93.5 cm³/mol. The summed E-state index contributed by atoms with van der Waals surface area (Å²) in [4.78, 5) is 47.1. The molecule has 0 spiro atoms. The van der Waals surface area contributed by atoms with Crippen LogP contribution in [0, 0.1) is 10.1 Å². The Morgan fingerprint density at radius 2 is 2.07 bits per heavy atom. The molecule has 140 valence electrons. The van der Waals surface area contributed by atoms with Crippen molar-refractivity contribution in [3.05, 3.63) is 74.1 Å². The van der Waals surface area contributed by atoms with Crippen molar-refractivity contribution in [1.29, 1.82) is 0 Å². The van der Waals surface area contributed by atoms with Crippen LogP contribution >= 0.6 is 0 Å². The lowest BCUT2D eigenvalue weighted by molar-refractivity contribution is -0.384. The second-order valence-electron chi connectivity index (χ2n) is 5.73. The van der Waals surface area contributed by atoms with Gasteiger partial charge in [-0.05, 0) is 18.9 Å². The summed E-state index contributed by atoms with van der Waals surface area (Å²) >= 11 is 0. The first kappa shape index (κ1) is 18.1. The Morgan fingerprint density at radius 1 is 1.33 bits per heavy atom. The summed E-state index contributed by atoms with van der Waals surface area (Å²) in [7, 11) is 0. The van der Waals surface area contributed by atoms with Gasteiger partial charge in [0.15, 0.2) is 5.75 Å². The number of nitrogens with zero attached hydrogens (tertiary/aromatic N) is 3. The maximum absolute atomic E-state index is 12.7. The van der Waals surface area contributed by atoms with Gasteiger partial charge in [0, 0.05) is 18.3 Å². The molecule has 1 aromatic carbocycles. The van der Waals surface area contributed by atoms with E-state index in [1.54, 1.807) is 0 Å². The van der Waals surface area contributed by atoms with Gasteiger partial charge < -0.3 is 9.47 Å². The number of hydrogen-bond acceptors (Lipinski definition) is 7. The predicted octanol–water partition coefficient (Wildman–Crippen LogP) is 1.62. The van der Waals surface area contributed by atoms with Crippen LogP contribution in [0.25, 0.3) is 5.69 Å². The highest BCUT2D eigenvalue weighted by Gasteiger charge is 2.27. The molecule has 27 heavy (non-hydrogen) atoms. The third-order valence-corrected chi connectivity index (χ3v) is 3.72. The number of carbonyl (C=O) groups excluding carboxylic acids is 1. The molecular formula is C17H15N3O7. The summed E-state index contributed by atoms with van der Waals surface area (Å²) < 4.78 is 11.8. The Morgan fingerprint density at radius 3 is 2.70 bits per heavy atom. The standard InChI is InChI=1S/C17H15N3O7/c1-2-9-26-17(23)19-15(21)7-8-18(16(19)22)13-6-3-11(20(24)25)10-14(13)27-12-4-5-12/h2-3,6-8,10,12H,1,4-5,9H2. The van der Waals surface area contributed by atoms with E-state index >= 15 is 0 Å². The Bertz CT molecular complexity index is 1030. The quantitative estimate of drug-likeness (QED) is 0.428. The zero-order chi connectivity index (χ0) is 19.6. The Labute approximate surface area is 152 Å². The number of carbonyl (C=O) groups is 1. The molecule has 10 heteroatoms. The molecule has 0 N–H and O–H groups in total. The summed E-state index contributed by atoms with van der Waals surface area (Å²) in [5, 5.41) is 11.0. The van der Waals surface area contributed by atoms with Gasteiger partial charge in [-0.15, -0.1) is 0 Å². The minimum atomic E-state index is -1.15.